The number of benzene rings is 2. The van der Waals surface area contributed by atoms with E-state index in [-0.39, 0.29) is 6.61 Å². The van der Waals surface area contributed by atoms with Gasteiger partial charge in [0.2, 0.25) is 0 Å². The van der Waals surface area contributed by atoms with Crippen molar-refractivity contribution < 1.29 is 14.6 Å². The van der Waals surface area contributed by atoms with Crippen LogP contribution in [0.25, 0.3) is 27.9 Å². The summed E-state index contributed by atoms with van der Waals surface area (Å²) in [5, 5.41) is 13.8. The quantitative estimate of drug-likeness (QED) is 0.532. The molecule has 2 heterocycles. The lowest BCUT2D eigenvalue weighted by Gasteiger charge is -2.13. The number of fused-ring (bicyclic) bond motifs is 1. The van der Waals surface area contributed by atoms with Crippen LogP contribution in [-0.2, 0) is 7.05 Å². The van der Waals surface area contributed by atoms with Crippen LogP contribution in [0.15, 0.2) is 61.1 Å². The summed E-state index contributed by atoms with van der Waals surface area (Å²) < 4.78 is 12.5. The second kappa shape index (κ2) is 8.34. The molecule has 0 amide bonds. The van der Waals surface area contributed by atoms with E-state index in [1.807, 2.05) is 49.6 Å². The van der Waals surface area contributed by atoms with Gasteiger partial charge in [0, 0.05) is 24.9 Å². The maximum atomic E-state index is 9.64. The Morgan fingerprint density at radius 1 is 1.00 bits per heavy atom. The second-order valence-electron chi connectivity index (χ2n) is 6.76. The van der Waals surface area contributed by atoms with Crippen molar-refractivity contribution >= 4 is 16.6 Å². The fourth-order valence-corrected chi connectivity index (χ4v) is 3.33. The molecule has 0 aliphatic rings. The van der Waals surface area contributed by atoms with E-state index in [1.165, 1.54) is 0 Å². The molecule has 0 saturated heterocycles. The van der Waals surface area contributed by atoms with Gasteiger partial charge in [0.1, 0.15) is 11.5 Å². The van der Waals surface area contributed by atoms with Gasteiger partial charge < -0.3 is 14.6 Å². The van der Waals surface area contributed by atoms with E-state index in [4.69, 9.17) is 14.5 Å². The van der Waals surface area contributed by atoms with Crippen LogP contribution in [0, 0.1) is 0 Å². The van der Waals surface area contributed by atoms with Gasteiger partial charge >= 0.3 is 0 Å². The molecular formula is C23H22N4O3. The van der Waals surface area contributed by atoms with Crippen LogP contribution in [0.2, 0.25) is 0 Å². The van der Waals surface area contributed by atoms with Gasteiger partial charge in [0.15, 0.2) is 0 Å². The number of nitrogens with zero attached hydrogens (tertiary/aromatic N) is 4. The average Bonchev–Trinajstić information content (AvgIpc) is 3.22. The van der Waals surface area contributed by atoms with Crippen LogP contribution in [0.1, 0.15) is 11.1 Å². The molecule has 7 nitrogen and oxygen atoms in total. The molecule has 0 saturated carbocycles. The highest BCUT2D eigenvalue weighted by Crippen LogP contribution is 2.32. The Balaban J connectivity index is 1.82. The molecule has 0 unspecified atom stereocenters. The number of hydrogen-bond donors (Lipinski definition) is 1. The normalized spacial score (nSPS) is 11.7. The number of hydrogen-bond acceptors (Lipinski definition) is 6. The minimum Gasteiger partial charge on any atom is -0.497 e. The molecule has 4 rings (SSSR count). The fourth-order valence-electron chi connectivity index (χ4n) is 3.33. The van der Waals surface area contributed by atoms with Gasteiger partial charge in [-0.05, 0) is 41.0 Å². The molecule has 0 bridgehead atoms. The van der Waals surface area contributed by atoms with Crippen molar-refractivity contribution in [3.05, 3.63) is 72.2 Å². The van der Waals surface area contributed by atoms with Gasteiger partial charge in [0.25, 0.3) is 0 Å². The SMILES string of the molecule is COc1cc(OC)cc(/C(=C\CO)c2ccc3ncc(-c4cnn(C)c4)nc3c2)c1. The van der Waals surface area contributed by atoms with Gasteiger partial charge in [0.05, 0.1) is 49.9 Å². The van der Waals surface area contributed by atoms with Gasteiger partial charge in [-0.25, -0.2) is 4.98 Å². The van der Waals surface area contributed by atoms with Crippen molar-refractivity contribution in [2.45, 2.75) is 0 Å². The lowest BCUT2D eigenvalue weighted by molar-refractivity contribution is 0.343. The molecule has 4 aromatic rings. The van der Waals surface area contributed by atoms with Crippen molar-refractivity contribution in [1.29, 1.82) is 0 Å². The molecule has 2 aromatic heterocycles. The Bertz CT molecular complexity index is 1210. The maximum Gasteiger partial charge on any atom is 0.123 e. The molecule has 0 fully saturated rings. The predicted octanol–water partition coefficient (Wildman–Crippen LogP) is 3.47. The molecule has 0 radical (unpaired) electrons. The van der Waals surface area contributed by atoms with Crippen LogP contribution in [0.5, 0.6) is 11.5 Å². The molecule has 1 N–H and O–H groups in total. The fraction of sp³-hybridized carbons (Fsp3) is 0.174. The third-order valence-corrected chi connectivity index (χ3v) is 4.81. The molecule has 2 aromatic carbocycles. The van der Waals surface area contributed by atoms with Crippen molar-refractivity contribution in [3.63, 3.8) is 0 Å². The Hall–Kier alpha value is -3.71. The van der Waals surface area contributed by atoms with Crippen LogP contribution >= 0.6 is 0 Å². The number of methoxy groups -OCH3 is 2. The Morgan fingerprint density at radius 3 is 2.40 bits per heavy atom. The van der Waals surface area contributed by atoms with E-state index in [0.717, 1.165) is 39.0 Å². The second-order valence-corrected chi connectivity index (χ2v) is 6.76. The average molecular weight is 402 g/mol. The molecule has 0 atom stereocenters. The monoisotopic (exact) mass is 402 g/mol. The molecule has 0 spiro atoms. The van der Waals surface area contributed by atoms with Gasteiger partial charge in [-0.2, -0.15) is 5.10 Å². The van der Waals surface area contributed by atoms with E-state index in [9.17, 15) is 5.11 Å². The Kier molecular flexibility index (Phi) is 5.45. The first-order valence-electron chi connectivity index (χ1n) is 9.42. The van der Waals surface area contributed by atoms with Crippen molar-refractivity contribution in [3.8, 4) is 22.8 Å². The minimum atomic E-state index is -0.103. The summed E-state index contributed by atoms with van der Waals surface area (Å²) in [7, 11) is 5.09. The molecule has 0 aliphatic carbocycles. The summed E-state index contributed by atoms with van der Waals surface area (Å²) in [5.41, 5.74) is 5.83. The third-order valence-electron chi connectivity index (χ3n) is 4.81. The van der Waals surface area contributed by atoms with Crippen LogP contribution in [0.3, 0.4) is 0 Å². The summed E-state index contributed by atoms with van der Waals surface area (Å²) >= 11 is 0. The van der Waals surface area contributed by atoms with E-state index in [2.05, 4.69) is 10.1 Å². The molecule has 7 heteroatoms. The summed E-state index contributed by atoms with van der Waals surface area (Å²) in [5.74, 6) is 1.35. The zero-order valence-electron chi connectivity index (χ0n) is 17.0. The van der Waals surface area contributed by atoms with Crippen molar-refractivity contribution in [1.82, 2.24) is 19.7 Å². The van der Waals surface area contributed by atoms with E-state index in [1.54, 1.807) is 37.4 Å². The van der Waals surface area contributed by atoms with Crippen LogP contribution in [-0.4, -0.2) is 45.7 Å². The number of aryl methyl sites for hydroxylation is 1. The first-order chi connectivity index (χ1) is 14.6. The van der Waals surface area contributed by atoms with Gasteiger partial charge in [-0.1, -0.05) is 12.1 Å². The zero-order chi connectivity index (χ0) is 21.1. The predicted molar refractivity (Wildman–Crippen MR) is 115 cm³/mol. The lowest BCUT2D eigenvalue weighted by atomic mass is 9.96. The van der Waals surface area contributed by atoms with E-state index >= 15 is 0 Å². The first kappa shape index (κ1) is 19.6. The standard InChI is InChI=1S/C23H22N4O3/c1-27-14-17(12-25-27)23-13-24-21-5-4-15(10-22(21)26-23)20(6-7-28)16-8-18(29-2)11-19(9-16)30-3/h4-6,8-14,28H,7H2,1-3H3/b20-6-. The summed E-state index contributed by atoms with van der Waals surface area (Å²) in [6.07, 6.45) is 7.17. The Morgan fingerprint density at radius 2 is 1.77 bits per heavy atom. The van der Waals surface area contributed by atoms with E-state index in [0.29, 0.717) is 11.5 Å². The highest BCUT2D eigenvalue weighted by molar-refractivity contribution is 5.87. The largest absolute Gasteiger partial charge is 0.497 e. The van der Waals surface area contributed by atoms with Gasteiger partial charge in [-0.15, -0.1) is 0 Å². The number of aliphatic hydroxyl groups is 1. The molecular weight excluding hydrogens is 380 g/mol. The number of ether oxygens (including phenoxy) is 2. The van der Waals surface area contributed by atoms with Crippen molar-refractivity contribution in [2.75, 3.05) is 20.8 Å². The number of aromatic nitrogens is 4. The number of rotatable bonds is 6. The Labute approximate surface area is 174 Å². The van der Waals surface area contributed by atoms with Crippen molar-refractivity contribution in [2.24, 2.45) is 7.05 Å². The highest BCUT2D eigenvalue weighted by atomic mass is 16.5. The summed E-state index contributed by atoms with van der Waals surface area (Å²) in [4.78, 5) is 9.30. The summed E-state index contributed by atoms with van der Waals surface area (Å²) in [6, 6.07) is 11.5. The van der Waals surface area contributed by atoms with E-state index < -0.39 is 0 Å². The third kappa shape index (κ3) is 3.88. The molecule has 152 valence electrons. The number of aliphatic hydroxyl groups excluding tert-OH is 1. The molecule has 30 heavy (non-hydrogen) atoms. The van der Waals surface area contributed by atoms with Gasteiger partial charge in [-0.3, -0.25) is 9.67 Å². The smallest absolute Gasteiger partial charge is 0.123 e. The highest BCUT2D eigenvalue weighted by Gasteiger charge is 2.12. The lowest BCUT2D eigenvalue weighted by Crippen LogP contribution is -1.95. The minimum absolute atomic E-state index is 0.103. The van der Waals surface area contributed by atoms with Crippen LogP contribution in [0.4, 0.5) is 0 Å². The molecule has 0 aliphatic heterocycles. The summed E-state index contributed by atoms with van der Waals surface area (Å²) in [6.45, 7) is -0.103. The topological polar surface area (TPSA) is 82.3 Å². The van der Waals surface area contributed by atoms with Crippen LogP contribution < -0.4 is 9.47 Å². The first-order valence-corrected chi connectivity index (χ1v) is 9.42. The maximum absolute atomic E-state index is 9.64. The zero-order valence-corrected chi connectivity index (χ0v) is 17.0.